The van der Waals surface area contributed by atoms with Gasteiger partial charge in [-0.15, -0.1) is 11.8 Å². The van der Waals surface area contributed by atoms with Crippen molar-refractivity contribution in [2.45, 2.75) is 44.2 Å². The number of thioether (sulfide) groups is 1. The number of rotatable bonds is 0. The molecule has 0 unspecified atom stereocenters. The number of hydrogen-bond acceptors (Lipinski definition) is 2. The first-order valence-corrected chi connectivity index (χ1v) is 5.93. The predicted molar refractivity (Wildman–Crippen MR) is 55.4 cm³/mol. The van der Waals surface area contributed by atoms with E-state index in [1.54, 1.807) is 0 Å². The van der Waals surface area contributed by atoms with Gasteiger partial charge in [-0.3, -0.25) is 4.90 Å². The Kier molecular flexibility index (Phi) is 2.16. The van der Waals surface area contributed by atoms with Gasteiger partial charge in [-0.25, -0.2) is 0 Å². The summed E-state index contributed by atoms with van der Waals surface area (Å²) in [6, 6.07) is 0. The van der Waals surface area contributed by atoms with E-state index in [4.69, 9.17) is 0 Å². The van der Waals surface area contributed by atoms with Crippen LogP contribution in [-0.2, 0) is 0 Å². The molecule has 2 aliphatic rings. The smallest absolute Gasteiger partial charge is 0.0612 e. The molecule has 2 heteroatoms. The summed E-state index contributed by atoms with van der Waals surface area (Å²) in [6.45, 7) is 9.87. The first kappa shape index (κ1) is 8.89. The third kappa shape index (κ3) is 1.39. The Bertz CT molecular complexity index is 179. The van der Waals surface area contributed by atoms with Crippen LogP contribution in [-0.4, -0.2) is 28.6 Å². The molecule has 70 valence electrons. The highest BCUT2D eigenvalue weighted by molar-refractivity contribution is 8.00. The number of hydrogen-bond donors (Lipinski definition) is 0. The van der Waals surface area contributed by atoms with Gasteiger partial charge in [-0.05, 0) is 24.8 Å². The van der Waals surface area contributed by atoms with Crippen LogP contribution in [0.4, 0.5) is 0 Å². The molecule has 2 saturated heterocycles. The molecule has 2 atom stereocenters. The van der Waals surface area contributed by atoms with Crippen molar-refractivity contribution in [3.05, 3.63) is 0 Å². The molecular formula is C10H19NS. The molecule has 0 bridgehead atoms. The average Bonchev–Trinajstić information content (AvgIpc) is 2.30. The van der Waals surface area contributed by atoms with Crippen LogP contribution in [0.3, 0.4) is 0 Å². The minimum absolute atomic E-state index is 0.549. The molecule has 0 radical (unpaired) electrons. The molecule has 0 amide bonds. The Morgan fingerprint density at radius 3 is 2.83 bits per heavy atom. The van der Waals surface area contributed by atoms with Gasteiger partial charge in [0.25, 0.3) is 0 Å². The van der Waals surface area contributed by atoms with Crippen molar-refractivity contribution in [1.82, 2.24) is 4.90 Å². The molecule has 12 heavy (non-hydrogen) atoms. The van der Waals surface area contributed by atoms with Gasteiger partial charge in [0.15, 0.2) is 0 Å². The number of nitrogens with zero attached hydrogens (tertiary/aromatic N) is 1. The van der Waals surface area contributed by atoms with Crippen LogP contribution in [0.1, 0.15) is 33.6 Å². The van der Waals surface area contributed by atoms with Crippen LogP contribution in [0.25, 0.3) is 0 Å². The van der Waals surface area contributed by atoms with Crippen LogP contribution in [0.2, 0.25) is 0 Å². The average molecular weight is 185 g/mol. The molecule has 2 heterocycles. The first-order chi connectivity index (χ1) is 5.59. The van der Waals surface area contributed by atoms with Crippen LogP contribution in [0.15, 0.2) is 0 Å². The zero-order valence-electron chi connectivity index (χ0n) is 8.34. The van der Waals surface area contributed by atoms with E-state index >= 15 is 0 Å². The van der Waals surface area contributed by atoms with Gasteiger partial charge in [0, 0.05) is 11.8 Å². The van der Waals surface area contributed by atoms with Crippen molar-refractivity contribution >= 4 is 11.8 Å². The molecule has 0 aromatic heterocycles. The van der Waals surface area contributed by atoms with E-state index in [9.17, 15) is 0 Å². The number of piperidine rings is 1. The molecule has 0 saturated carbocycles. The molecule has 0 aromatic rings. The second-order valence-electron chi connectivity index (χ2n) is 4.89. The van der Waals surface area contributed by atoms with Gasteiger partial charge < -0.3 is 0 Å². The van der Waals surface area contributed by atoms with Crippen LogP contribution < -0.4 is 0 Å². The molecule has 2 aliphatic heterocycles. The molecule has 0 aliphatic carbocycles. The summed E-state index contributed by atoms with van der Waals surface area (Å²) in [4.78, 5) is 2.68. The maximum atomic E-state index is 2.68. The summed E-state index contributed by atoms with van der Waals surface area (Å²) in [5.41, 5.74) is 0.549. The molecule has 2 rings (SSSR count). The van der Waals surface area contributed by atoms with Crippen LogP contribution in [0.5, 0.6) is 0 Å². The van der Waals surface area contributed by atoms with Crippen molar-refractivity contribution < 1.29 is 0 Å². The van der Waals surface area contributed by atoms with Crippen molar-refractivity contribution in [3.8, 4) is 0 Å². The number of fused-ring (bicyclic) bond motifs is 1. The Labute approximate surface area is 79.9 Å². The van der Waals surface area contributed by atoms with E-state index in [1.165, 1.54) is 25.9 Å². The second kappa shape index (κ2) is 2.91. The molecule has 0 spiro atoms. The van der Waals surface area contributed by atoms with E-state index < -0.39 is 0 Å². The Hall–Kier alpha value is 0.310. The molecule has 2 fully saturated rings. The summed E-state index contributed by atoms with van der Waals surface area (Å²) in [5, 5.41) is 1.66. The highest BCUT2D eigenvalue weighted by Gasteiger charge is 2.42. The second-order valence-corrected chi connectivity index (χ2v) is 6.41. The zero-order chi connectivity index (χ0) is 8.77. The normalized spacial score (nSPS) is 41.2. The zero-order valence-corrected chi connectivity index (χ0v) is 9.16. The lowest BCUT2D eigenvalue weighted by Crippen LogP contribution is -2.44. The monoisotopic (exact) mass is 185 g/mol. The Balaban J connectivity index is 2.13. The van der Waals surface area contributed by atoms with Gasteiger partial charge in [0.1, 0.15) is 0 Å². The fraction of sp³-hybridized carbons (Fsp3) is 1.00. The van der Waals surface area contributed by atoms with Gasteiger partial charge >= 0.3 is 0 Å². The first-order valence-electron chi connectivity index (χ1n) is 4.99. The molecule has 1 nitrogen and oxygen atoms in total. The van der Waals surface area contributed by atoms with E-state index in [1.807, 2.05) is 0 Å². The fourth-order valence-corrected chi connectivity index (χ4v) is 4.09. The fourth-order valence-electron chi connectivity index (χ4n) is 2.52. The summed E-state index contributed by atoms with van der Waals surface area (Å²) in [5.74, 6) is 0. The Morgan fingerprint density at radius 1 is 1.42 bits per heavy atom. The van der Waals surface area contributed by atoms with Crippen molar-refractivity contribution in [2.75, 3.05) is 13.1 Å². The molecule has 0 N–H and O–H groups in total. The summed E-state index contributed by atoms with van der Waals surface area (Å²) in [7, 11) is 0. The van der Waals surface area contributed by atoms with Crippen molar-refractivity contribution in [3.63, 3.8) is 0 Å². The molecule has 0 aromatic carbocycles. The summed E-state index contributed by atoms with van der Waals surface area (Å²) in [6.07, 6.45) is 2.81. The third-order valence-electron chi connectivity index (χ3n) is 3.12. The maximum absolute atomic E-state index is 2.68. The van der Waals surface area contributed by atoms with Crippen molar-refractivity contribution in [2.24, 2.45) is 5.41 Å². The van der Waals surface area contributed by atoms with Crippen molar-refractivity contribution in [1.29, 1.82) is 0 Å². The van der Waals surface area contributed by atoms with E-state index in [-0.39, 0.29) is 0 Å². The lowest BCUT2D eigenvalue weighted by atomic mass is 9.84. The van der Waals surface area contributed by atoms with Crippen LogP contribution >= 0.6 is 11.8 Å². The minimum atomic E-state index is 0.549. The van der Waals surface area contributed by atoms with Gasteiger partial charge in [0.05, 0.1) is 5.37 Å². The minimum Gasteiger partial charge on any atom is -0.290 e. The van der Waals surface area contributed by atoms with E-state index in [0.29, 0.717) is 5.41 Å². The predicted octanol–water partition coefficient (Wildman–Crippen LogP) is 2.57. The largest absolute Gasteiger partial charge is 0.290 e. The lowest BCUT2D eigenvalue weighted by Gasteiger charge is -2.41. The standard InChI is InChI=1S/C10H19NS/c1-8-7-11-6-4-5-10(2,3)9(11)12-8/h8-9H,4-7H2,1-3H3/t8-,9-/m0/s1. The van der Waals surface area contributed by atoms with Gasteiger partial charge in [-0.1, -0.05) is 20.8 Å². The van der Waals surface area contributed by atoms with Gasteiger partial charge in [0.2, 0.25) is 0 Å². The topological polar surface area (TPSA) is 3.24 Å². The summed E-state index contributed by atoms with van der Waals surface area (Å²) < 4.78 is 0. The van der Waals surface area contributed by atoms with Crippen LogP contribution in [0, 0.1) is 5.41 Å². The molecular weight excluding hydrogens is 166 g/mol. The quantitative estimate of drug-likeness (QED) is 0.570. The van der Waals surface area contributed by atoms with Gasteiger partial charge in [-0.2, -0.15) is 0 Å². The highest BCUT2D eigenvalue weighted by atomic mass is 32.2. The third-order valence-corrected chi connectivity index (χ3v) is 4.93. The lowest BCUT2D eigenvalue weighted by molar-refractivity contribution is 0.107. The SMILES string of the molecule is C[C@H]1CN2CCCC(C)(C)[C@@H]2S1. The Morgan fingerprint density at radius 2 is 2.17 bits per heavy atom. The van der Waals surface area contributed by atoms with E-state index in [2.05, 4.69) is 37.4 Å². The maximum Gasteiger partial charge on any atom is 0.0612 e. The highest BCUT2D eigenvalue weighted by Crippen LogP contribution is 2.46. The summed E-state index contributed by atoms with van der Waals surface area (Å²) >= 11 is 2.18. The van der Waals surface area contributed by atoms with E-state index in [0.717, 1.165) is 10.6 Å².